The number of carbonyl (C=O) groups is 2. The molecule has 3 N–H and O–H groups in total. The molecular formula is C35H46N2O6S. The largest absolute Gasteiger partial charge is 0.445 e. The van der Waals surface area contributed by atoms with E-state index < -0.39 is 41.2 Å². The Hall–Kier alpha value is -3.01. The van der Waals surface area contributed by atoms with E-state index in [1.54, 1.807) is 4.90 Å². The highest BCUT2D eigenvalue weighted by Crippen LogP contribution is 2.37. The predicted octanol–water partition coefficient (Wildman–Crippen LogP) is 4.91. The molecule has 0 aromatic heterocycles. The first-order chi connectivity index (χ1) is 21.4. The second-order valence-corrected chi connectivity index (χ2v) is 14.1. The van der Waals surface area contributed by atoms with Crippen molar-refractivity contribution in [1.29, 1.82) is 0 Å². The number of carbonyl (C=O) groups excluding carboxylic acids is 2. The summed E-state index contributed by atoms with van der Waals surface area (Å²) in [5.41, 5.74) is 3.01. The molecule has 2 aromatic rings. The van der Waals surface area contributed by atoms with Gasteiger partial charge in [0.25, 0.3) is 0 Å². The van der Waals surface area contributed by atoms with Crippen molar-refractivity contribution in [2.24, 2.45) is 5.92 Å². The van der Waals surface area contributed by atoms with Crippen molar-refractivity contribution in [3.05, 3.63) is 77.4 Å². The van der Waals surface area contributed by atoms with Gasteiger partial charge in [-0.05, 0) is 41.9 Å². The van der Waals surface area contributed by atoms with Gasteiger partial charge >= 0.3 is 6.09 Å². The molecular weight excluding hydrogens is 576 g/mol. The zero-order valence-corrected chi connectivity index (χ0v) is 26.2. The van der Waals surface area contributed by atoms with Crippen LogP contribution in [0.1, 0.15) is 80.5 Å². The number of aliphatic hydroxyl groups excluding tert-OH is 2. The standard InChI is InChI=1S/C35H46N2O6S/c38-31(30(22-26-12-5-2-6-13-26)36-35(41)43-28-19-21-44(42)24-28)17-18-33(40)37(20-9-14-25-10-3-1-4-11-25)34-29-16-8-7-15-27(29)23-32(34)39/h1,3-4,7-11,14-16,26,28,30-32,34,38-39H,2,5-6,12-13,17-24H2,(H,36,41)/t28-,30+,31+,32-,34+,44+/m1/s1. The first kappa shape index (κ1) is 32.4. The molecule has 0 radical (unpaired) electrons. The predicted molar refractivity (Wildman–Crippen MR) is 172 cm³/mol. The van der Waals surface area contributed by atoms with Gasteiger partial charge in [0.2, 0.25) is 5.91 Å². The van der Waals surface area contributed by atoms with Crippen LogP contribution < -0.4 is 5.32 Å². The second-order valence-electron chi connectivity index (χ2n) is 12.5. The lowest BCUT2D eigenvalue weighted by Crippen LogP contribution is -2.46. The minimum absolute atomic E-state index is 0.0746. The Balaban J connectivity index is 1.26. The van der Waals surface area contributed by atoms with Crippen molar-refractivity contribution in [2.75, 3.05) is 18.1 Å². The summed E-state index contributed by atoms with van der Waals surface area (Å²) in [6, 6.07) is 16.7. The molecule has 2 fully saturated rings. The Bertz CT molecular complexity index is 1300. The van der Waals surface area contributed by atoms with E-state index in [-0.39, 0.29) is 24.9 Å². The molecule has 2 amide bonds. The molecule has 1 heterocycles. The van der Waals surface area contributed by atoms with Crippen molar-refractivity contribution in [1.82, 2.24) is 10.2 Å². The van der Waals surface area contributed by atoms with Gasteiger partial charge < -0.3 is 25.2 Å². The molecule has 8 nitrogen and oxygen atoms in total. The number of benzene rings is 2. The maximum atomic E-state index is 13.9. The Kier molecular flexibility index (Phi) is 11.6. The monoisotopic (exact) mass is 622 g/mol. The molecule has 0 bridgehead atoms. The highest BCUT2D eigenvalue weighted by Gasteiger charge is 2.37. The number of alkyl carbamates (subject to hydrolysis) is 1. The lowest BCUT2D eigenvalue weighted by atomic mass is 9.83. The number of nitrogens with zero attached hydrogens (tertiary/aromatic N) is 1. The molecule has 1 saturated heterocycles. The molecule has 44 heavy (non-hydrogen) atoms. The van der Waals surface area contributed by atoms with Crippen molar-refractivity contribution < 1.29 is 28.7 Å². The van der Waals surface area contributed by atoms with Gasteiger partial charge in [0.1, 0.15) is 6.10 Å². The van der Waals surface area contributed by atoms with Gasteiger partial charge in [0.15, 0.2) is 0 Å². The molecule has 0 unspecified atom stereocenters. The number of ether oxygens (including phenoxy) is 1. The molecule has 1 saturated carbocycles. The highest BCUT2D eigenvalue weighted by atomic mass is 32.2. The Morgan fingerprint density at radius 2 is 1.80 bits per heavy atom. The number of hydrogen-bond donors (Lipinski definition) is 3. The molecule has 0 spiro atoms. The number of rotatable bonds is 12. The van der Waals surface area contributed by atoms with E-state index in [1.807, 2.05) is 66.7 Å². The minimum atomic E-state index is -0.960. The number of fused-ring (bicyclic) bond motifs is 1. The summed E-state index contributed by atoms with van der Waals surface area (Å²) in [6.45, 7) is 0.318. The maximum Gasteiger partial charge on any atom is 0.407 e. The summed E-state index contributed by atoms with van der Waals surface area (Å²) in [4.78, 5) is 28.4. The summed E-state index contributed by atoms with van der Waals surface area (Å²) in [7, 11) is -0.960. The van der Waals surface area contributed by atoms with Crippen LogP contribution in [0.4, 0.5) is 4.79 Å². The Labute approximate surface area is 263 Å². The van der Waals surface area contributed by atoms with Gasteiger partial charge in [-0.2, -0.15) is 0 Å². The third-order valence-corrected chi connectivity index (χ3v) is 10.7. The topological polar surface area (TPSA) is 116 Å². The van der Waals surface area contributed by atoms with Gasteiger partial charge in [-0.25, -0.2) is 4.79 Å². The summed E-state index contributed by atoms with van der Waals surface area (Å²) in [5, 5.41) is 25.3. The van der Waals surface area contributed by atoms with Gasteiger partial charge in [-0.15, -0.1) is 0 Å². The van der Waals surface area contributed by atoms with Gasteiger partial charge in [0, 0.05) is 35.9 Å². The smallest absolute Gasteiger partial charge is 0.407 e. The van der Waals surface area contributed by atoms with Gasteiger partial charge in [-0.3, -0.25) is 9.00 Å². The molecule has 9 heteroatoms. The summed E-state index contributed by atoms with van der Waals surface area (Å²) >= 11 is 0. The minimum Gasteiger partial charge on any atom is -0.445 e. The number of aliphatic hydroxyl groups is 2. The van der Waals surface area contributed by atoms with Crippen LogP contribution in [0.2, 0.25) is 0 Å². The van der Waals surface area contributed by atoms with Crippen molar-refractivity contribution in [2.45, 2.75) is 94.6 Å². The Morgan fingerprint density at radius 3 is 2.55 bits per heavy atom. The second kappa shape index (κ2) is 15.8. The number of nitrogens with one attached hydrogen (secondary N) is 1. The van der Waals surface area contributed by atoms with E-state index in [2.05, 4.69) is 5.32 Å². The van der Waals surface area contributed by atoms with Crippen molar-refractivity contribution in [3.63, 3.8) is 0 Å². The van der Waals surface area contributed by atoms with E-state index in [4.69, 9.17) is 4.74 Å². The fourth-order valence-corrected chi connectivity index (χ4v) is 8.28. The van der Waals surface area contributed by atoms with Crippen LogP contribution in [0.5, 0.6) is 0 Å². The van der Waals surface area contributed by atoms with Crippen LogP contribution in [0.3, 0.4) is 0 Å². The fourth-order valence-electron chi connectivity index (χ4n) is 6.94. The molecule has 2 aliphatic carbocycles. The van der Waals surface area contributed by atoms with E-state index in [0.717, 1.165) is 42.4 Å². The number of hydrogen-bond acceptors (Lipinski definition) is 6. The maximum absolute atomic E-state index is 13.9. The van der Waals surface area contributed by atoms with Gasteiger partial charge in [0.05, 0.1) is 30.0 Å². The lowest BCUT2D eigenvalue weighted by molar-refractivity contribution is -0.136. The van der Waals surface area contributed by atoms with Crippen LogP contribution >= 0.6 is 0 Å². The average Bonchev–Trinajstić information content (AvgIpc) is 3.59. The summed E-state index contributed by atoms with van der Waals surface area (Å²) in [5.74, 6) is 1.12. The average molecular weight is 623 g/mol. The zero-order chi connectivity index (χ0) is 30.9. The molecule has 2 aromatic carbocycles. The van der Waals surface area contributed by atoms with E-state index in [1.165, 1.54) is 6.42 Å². The molecule has 5 rings (SSSR count). The van der Waals surface area contributed by atoms with Crippen molar-refractivity contribution >= 4 is 28.9 Å². The first-order valence-corrected chi connectivity index (χ1v) is 17.6. The summed E-state index contributed by atoms with van der Waals surface area (Å²) in [6.07, 6.45) is 8.82. The van der Waals surface area contributed by atoms with Crippen LogP contribution in [0.25, 0.3) is 6.08 Å². The molecule has 6 atom stereocenters. The van der Waals surface area contributed by atoms with E-state index >= 15 is 0 Å². The first-order valence-electron chi connectivity index (χ1n) is 16.1. The Morgan fingerprint density at radius 1 is 1.05 bits per heavy atom. The van der Waals surface area contributed by atoms with Crippen molar-refractivity contribution in [3.8, 4) is 0 Å². The zero-order valence-electron chi connectivity index (χ0n) is 25.4. The normalized spacial score (nSPS) is 25.0. The third-order valence-electron chi connectivity index (χ3n) is 9.28. The van der Waals surface area contributed by atoms with E-state index in [9.17, 15) is 24.0 Å². The van der Waals surface area contributed by atoms with Crippen LogP contribution in [-0.4, -0.2) is 73.7 Å². The molecule has 1 aliphatic heterocycles. The van der Waals surface area contributed by atoms with Crippen LogP contribution in [-0.2, 0) is 26.8 Å². The van der Waals surface area contributed by atoms with Crippen LogP contribution in [0, 0.1) is 5.92 Å². The van der Waals surface area contributed by atoms with Gasteiger partial charge in [-0.1, -0.05) is 98.9 Å². The van der Waals surface area contributed by atoms with Crippen LogP contribution in [0.15, 0.2) is 60.7 Å². The number of amides is 2. The SMILES string of the molecule is O=C(N[C@@H](CC1CCCCC1)[C@@H](O)CCC(=O)N(CC=Cc1ccccc1)[C@H]1c2ccccc2C[C@H]1O)O[C@@H]1CC[S@](=O)C1. The third kappa shape index (κ3) is 8.79. The molecule has 238 valence electrons. The molecule has 3 aliphatic rings. The quantitative estimate of drug-likeness (QED) is 0.310. The summed E-state index contributed by atoms with van der Waals surface area (Å²) < 4.78 is 17.3. The fraction of sp³-hybridized carbons (Fsp3) is 0.543. The highest BCUT2D eigenvalue weighted by molar-refractivity contribution is 7.85. The lowest BCUT2D eigenvalue weighted by Gasteiger charge is -2.33. The van der Waals surface area contributed by atoms with E-state index in [0.29, 0.717) is 43.2 Å².